The van der Waals surface area contributed by atoms with Gasteiger partial charge in [0.05, 0.1) is 17.2 Å². The fraction of sp³-hybridized carbons (Fsp3) is 0.348. The first-order valence-corrected chi connectivity index (χ1v) is 10.6. The van der Waals surface area contributed by atoms with E-state index < -0.39 is 0 Å². The lowest BCUT2D eigenvalue weighted by Gasteiger charge is -2.36. The molecule has 4 rings (SSSR count). The molecular formula is C23H25ClN4O3. The first kappa shape index (κ1) is 21.3. The van der Waals surface area contributed by atoms with Crippen molar-refractivity contribution in [1.82, 2.24) is 15.5 Å². The van der Waals surface area contributed by atoms with Gasteiger partial charge in [0.15, 0.2) is 0 Å². The summed E-state index contributed by atoms with van der Waals surface area (Å²) in [5.74, 6) is 1.08. The molecule has 0 aliphatic carbocycles. The molecule has 1 amide bonds. The third kappa shape index (κ3) is 4.73. The Kier molecular flexibility index (Phi) is 6.25. The smallest absolute Gasteiger partial charge is 0.257 e. The van der Waals surface area contributed by atoms with Gasteiger partial charge < -0.3 is 19.5 Å². The van der Waals surface area contributed by atoms with Crippen LogP contribution in [0.25, 0.3) is 11.3 Å². The number of nitrogens with one attached hydrogen (secondary N) is 1. The second-order valence-corrected chi connectivity index (χ2v) is 8.22. The van der Waals surface area contributed by atoms with Crippen molar-refractivity contribution < 1.29 is 14.1 Å². The maximum atomic E-state index is 12.9. The highest BCUT2D eigenvalue weighted by atomic mass is 35.5. The topological polar surface area (TPSA) is 80.5 Å². The van der Waals surface area contributed by atoms with Crippen LogP contribution in [0, 0.1) is 6.92 Å². The van der Waals surface area contributed by atoms with Gasteiger partial charge in [-0.2, -0.15) is 0 Å². The third-order valence-electron chi connectivity index (χ3n) is 5.22. The number of aryl methyl sites for hydroxylation is 1. The summed E-state index contributed by atoms with van der Waals surface area (Å²) < 4.78 is 11.1. The molecule has 2 atom stereocenters. The Morgan fingerprint density at radius 3 is 2.61 bits per heavy atom. The van der Waals surface area contributed by atoms with E-state index in [1.165, 1.54) is 0 Å². The Morgan fingerprint density at radius 1 is 1.19 bits per heavy atom. The minimum atomic E-state index is -0.270. The normalized spacial score (nSPS) is 18.8. The van der Waals surface area contributed by atoms with Crippen LogP contribution in [-0.2, 0) is 11.3 Å². The van der Waals surface area contributed by atoms with Crippen LogP contribution in [0.15, 0.2) is 47.1 Å². The summed E-state index contributed by atoms with van der Waals surface area (Å²) in [5, 5.41) is 7.49. The SMILES string of the molecule is Cc1onc(-c2ccccc2Cl)c1C(=O)NCc1ccc(N2CC(C)OC(C)C2)nc1. The molecule has 0 saturated carbocycles. The number of halogens is 1. The van der Waals surface area contributed by atoms with Gasteiger partial charge in [0, 0.05) is 31.4 Å². The van der Waals surface area contributed by atoms with Gasteiger partial charge in [-0.25, -0.2) is 4.98 Å². The van der Waals surface area contributed by atoms with E-state index in [4.69, 9.17) is 20.9 Å². The number of amides is 1. The molecule has 1 aliphatic rings. The number of carbonyl (C=O) groups excluding carboxylic acids is 1. The zero-order valence-corrected chi connectivity index (χ0v) is 18.5. The molecule has 1 fully saturated rings. The molecule has 1 aromatic carbocycles. The van der Waals surface area contributed by atoms with Crippen LogP contribution < -0.4 is 10.2 Å². The summed E-state index contributed by atoms with van der Waals surface area (Å²) in [6.45, 7) is 7.81. The van der Waals surface area contributed by atoms with Gasteiger partial charge in [-0.3, -0.25) is 4.79 Å². The minimum Gasteiger partial charge on any atom is -0.372 e. The Hall–Kier alpha value is -2.90. The number of ether oxygens (including phenoxy) is 1. The zero-order chi connectivity index (χ0) is 22.0. The van der Waals surface area contributed by atoms with Crippen molar-refractivity contribution in [3.05, 3.63) is 64.5 Å². The van der Waals surface area contributed by atoms with Crippen LogP contribution in [0.1, 0.15) is 35.5 Å². The monoisotopic (exact) mass is 440 g/mol. The maximum Gasteiger partial charge on any atom is 0.257 e. The number of benzene rings is 1. The maximum absolute atomic E-state index is 12.9. The van der Waals surface area contributed by atoms with Crippen molar-refractivity contribution in [3.8, 4) is 11.3 Å². The van der Waals surface area contributed by atoms with Crippen LogP contribution in [-0.4, -0.2) is 41.3 Å². The van der Waals surface area contributed by atoms with Crippen molar-refractivity contribution in [2.45, 2.75) is 39.5 Å². The van der Waals surface area contributed by atoms with Crippen LogP contribution in [0.4, 0.5) is 5.82 Å². The molecule has 1 saturated heterocycles. The number of anilines is 1. The van der Waals surface area contributed by atoms with E-state index in [2.05, 4.69) is 34.2 Å². The van der Waals surface area contributed by atoms with Crippen molar-refractivity contribution in [1.29, 1.82) is 0 Å². The van der Waals surface area contributed by atoms with Crippen molar-refractivity contribution in [2.75, 3.05) is 18.0 Å². The zero-order valence-electron chi connectivity index (χ0n) is 17.8. The van der Waals surface area contributed by atoms with Gasteiger partial charge in [0.25, 0.3) is 5.91 Å². The number of morpholine rings is 1. The van der Waals surface area contributed by atoms with Crippen LogP contribution >= 0.6 is 11.6 Å². The number of hydrogen-bond acceptors (Lipinski definition) is 6. The highest BCUT2D eigenvalue weighted by molar-refractivity contribution is 6.33. The predicted molar refractivity (Wildman–Crippen MR) is 119 cm³/mol. The Labute approximate surface area is 186 Å². The van der Waals surface area contributed by atoms with Gasteiger partial charge in [0.1, 0.15) is 22.8 Å². The summed E-state index contributed by atoms with van der Waals surface area (Å²) in [4.78, 5) is 19.7. The Bertz CT molecular complexity index is 1060. The molecule has 1 N–H and O–H groups in total. The predicted octanol–water partition coefficient (Wildman–Crippen LogP) is 4.24. The lowest BCUT2D eigenvalue weighted by Crippen LogP contribution is -2.45. The molecule has 2 unspecified atom stereocenters. The van der Waals surface area contributed by atoms with E-state index in [0.717, 1.165) is 24.5 Å². The summed E-state index contributed by atoms with van der Waals surface area (Å²) in [6, 6.07) is 11.2. The molecule has 31 heavy (non-hydrogen) atoms. The molecule has 3 aromatic rings. The number of rotatable bonds is 5. The summed E-state index contributed by atoms with van der Waals surface area (Å²) in [6.07, 6.45) is 2.13. The molecule has 162 valence electrons. The van der Waals surface area contributed by atoms with Crippen molar-refractivity contribution >= 4 is 23.3 Å². The highest BCUT2D eigenvalue weighted by Gasteiger charge is 2.24. The molecule has 3 heterocycles. The summed E-state index contributed by atoms with van der Waals surface area (Å²) in [5.41, 5.74) is 2.38. The van der Waals surface area contributed by atoms with E-state index in [-0.39, 0.29) is 18.1 Å². The van der Waals surface area contributed by atoms with Gasteiger partial charge in [-0.15, -0.1) is 0 Å². The average molecular weight is 441 g/mol. The summed E-state index contributed by atoms with van der Waals surface area (Å²) in [7, 11) is 0. The molecule has 0 spiro atoms. The molecule has 2 aromatic heterocycles. The van der Waals surface area contributed by atoms with Crippen LogP contribution in [0.2, 0.25) is 5.02 Å². The standard InChI is InChI=1S/C23H25ClN4O3/c1-14-12-28(13-15(2)30-14)20-9-8-17(10-25-20)11-26-23(29)21-16(3)31-27-22(21)18-6-4-5-7-19(18)24/h4-10,14-15H,11-13H2,1-3H3,(H,26,29). The van der Waals surface area contributed by atoms with Gasteiger partial charge >= 0.3 is 0 Å². The van der Waals surface area contributed by atoms with E-state index >= 15 is 0 Å². The van der Waals surface area contributed by atoms with E-state index in [1.807, 2.05) is 30.3 Å². The van der Waals surface area contributed by atoms with E-state index in [1.54, 1.807) is 19.2 Å². The van der Waals surface area contributed by atoms with E-state index in [9.17, 15) is 4.79 Å². The largest absolute Gasteiger partial charge is 0.372 e. The number of nitrogens with zero attached hydrogens (tertiary/aromatic N) is 3. The second kappa shape index (κ2) is 9.08. The number of carbonyl (C=O) groups is 1. The quantitative estimate of drug-likeness (QED) is 0.639. The molecular weight excluding hydrogens is 416 g/mol. The van der Waals surface area contributed by atoms with Gasteiger partial charge in [-0.1, -0.05) is 41.0 Å². The molecule has 0 radical (unpaired) electrons. The molecule has 8 heteroatoms. The number of aromatic nitrogens is 2. The van der Waals surface area contributed by atoms with Gasteiger partial charge in [-0.05, 0) is 38.5 Å². The minimum absolute atomic E-state index is 0.170. The lowest BCUT2D eigenvalue weighted by atomic mass is 10.1. The Morgan fingerprint density at radius 2 is 1.94 bits per heavy atom. The van der Waals surface area contributed by atoms with Crippen molar-refractivity contribution in [3.63, 3.8) is 0 Å². The van der Waals surface area contributed by atoms with Crippen LogP contribution in [0.3, 0.4) is 0 Å². The summed E-state index contributed by atoms with van der Waals surface area (Å²) >= 11 is 6.28. The fourth-order valence-corrected chi connectivity index (χ4v) is 4.05. The Balaban J connectivity index is 1.44. The van der Waals surface area contributed by atoms with Crippen LogP contribution in [0.5, 0.6) is 0 Å². The fourth-order valence-electron chi connectivity index (χ4n) is 3.82. The molecule has 0 bridgehead atoms. The van der Waals surface area contributed by atoms with Gasteiger partial charge in [0.2, 0.25) is 0 Å². The first-order valence-electron chi connectivity index (χ1n) is 10.3. The molecule has 1 aliphatic heterocycles. The first-order chi connectivity index (χ1) is 14.9. The number of pyridine rings is 1. The number of hydrogen-bond donors (Lipinski definition) is 1. The van der Waals surface area contributed by atoms with E-state index in [0.29, 0.717) is 34.1 Å². The van der Waals surface area contributed by atoms with Crippen molar-refractivity contribution in [2.24, 2.45) is 0 Å². The third-order valence-corrected chi connectivity index (χ3v) is 5.55. The second-order valence-electron chi connectivity index (χ2n) is 7.81. The highest BCUT2D eigenvalue weighted by Crippen LogP contribution is 2.31. The molecule has 7 nitrogen and oxygen atoms in total. The average Bonchev–Trinajstić information content (AvgIpc) is 3.13. The lowest BCUT2D eigenvalue weighted by molar-refractivity contribution is -0.00546.